The van der Waals surface area contributed by atoms with Crippen LogP contribution >= 0.6 is 0 Å². The van der Waals surface area contributed by atoms with E-state index in [0.29, 0.717) is 6.92 Å². The van der Waals surface area contributed by atoms with Gasteiger partial charge in [-0.25, -0.2) is 9.18 Å². The van der Waals surface area contributed by atoms with E-state index in [1.165, 1.54) is 6.92 Å². The lowest BCUT2D eigenvalue weighted by atomic mass is 10.0. The molecule has 1 aromatic carbocycles. The SMILES string of the molecule is CCOC(=O)C(C)(Nc1ccc(F)cc1)C(F)(F)F. The molecule has 0 bridgehead atoms. The van der Waals surface area contributed by atoms with Gasteiger partial charge in [-0.2, -0.15) is 13.2 Å². The zero-order chi connectivity index (χ0) is 14.7. The van der Waals surface area contributed by atoms with E-state index >= 15 is 0 Å². The molecule has 0 aromatic heterocycles. The summed E-state index contributed by atoms with van der Waals surface area (Å²) in [6, 6.07) is 4.20. The van der Waals surface area contributed by atoms with Gasteiger partial charge in [0.15, 0.2) is 0 Å². The molecule has 0 fully saturated rings. The van der Waals surface area contributed by atoms with Crippen LogP contribution in [0.15, 0.2) is 24.3 Å². The Kier molecular flexibility index (Phi) is 4.39. The molecule has 0 radical (unpaired) electrons. The minimum Gasteiger partial charge on any atom is -0.464 e. The summed E-state index contributed by atoms with van der Waals surface area (Å²) in [5, 5.41) is 2.04. The maximum Gasteiger partial charge on any atom is 0.422 e. The second kappa shape index (κ2) is 5.46. The number of carbonyl (C=O) groups excluding carboxylic acids is 1. The fraction of sp³-hybridized carbons (Fsp3) is 0.417. The first-order valence-corrected chi connectivity index (χ1v) is 5.48. The summed E-state index contributed by atoms with van der Waals surface area (Å²) in [5.74, 6) is -2.03. The quantitative estimate of drug-likeness (QED) is 0.679. The average molecular weight is 279 g/mol. The molecule has 0 aliphatic rings. The number of rotatable bonds is 4. The van der Waals surface area contributed by atoms with E-state index in [-0.39, 0.29) is 12.3 Å². The standard InChI is InChI=1S/C12H13F4NO2/c1-3-19-10(18)11(2,12(14,15)16)17-9-6-4-8(13)5-7-9/h4-7,17H,3H2,1-2H3. The van der Waals surface area contributed by atoms with Crippen molar-refractivity contribution in [3.8, 4) is 0 Å². The Labute approximate surface area is 107 Å². The van der Waals surface area contributed by atoms with Gasteiger partial charge in [-0.05, 0) is 38.1 Å². The maximum atomic E-state index is 13.0. The number of ether oxygens (including phenoxy) is 1. The van der Waals surface area contributed by atoms with Crippen LogP contribution in [0.25, 0.3) is 0 Å². The van der Waals surface area contributed by atoms with Crippen LogP contribution in [0.5, 0.6) is 0 Å². The van der Waals surface area contributed by atoms with E-state index in [1.807, 2.05) is 5.32 Å². The number of benzene rings is 1. The lowest BCUT2D eigenvalue weighted by Gasteiger charge is -2.31. The van der Waals surface area contributed by atoms with Crippen molar-refractivity contribution in [2.24, 2.45) is 0 Å². The molecule has 0 heterocycles. The van der Waals surface area contributed by atoms with E-state index in [0.717, 1.165) is 24.3 Å². The summed E-state index contributed by atoms with van der Waals surface area (Å²) >= 11 is 0. The van der Waals surface area contributed by atoms with Gasteiger partial charge in [0, 0.05) is 5.69 Å². The minimum atomic E-state index is -4.85. The van der Waals surface area contributed by atoms with Crippen LogP contribution in [0.3, 0.4) is 0 Å². The number of esters is 1. The molecular formula is C12H13F4NO2. The number of hydrogen-bond donors (Lipinski definition) is 1. The first-order chi connectivity index (χ1) is 8.70. The third-order valence-corrected chi connectivity index (χ3v) is 2.49. The molecule has 19 heavy (non-hydrogen) atoms. The van der Waals surface area contributed by atoms with Gasteiger partial charge >= 0.3 is 12.1 Å². The highest BCUT2D eigenvalue weighted by atomic mass is 19.4. The predicted molar refractivity (Wildman–Crippen MR) is 61.1 cm³/mol. The molecule has 1 N–H and O–H groups in total. The van der Waals surface area contributed by atoms with Crippen molar-refractivity contribution >= 4 is 11.7 Å². The van der Waals surface area contributed by atoms with Crippen molar-refractivity contribution in [1.82, 2.24) is 0 Å². The van der Waals surface area contributed by atoms with E-state index in [2.05, 4.69) is 4.74 Å². The summed E-state index contributed by atoms with van der Waals surface area (Å²) in [5.41, 5.74) is -2.92. The predicted octanol–water partition coefficient (Wildman–Crippen LogP) is 3.12. The molecule has 7 heteroatoms. The Balaban J connectivity index is 3.05. The third kappa shape index (κ3) is 3.36. The van der Waals surface area contributed by atoms with E-state index in [9.17, 15) is 22.4 Å². The molecule has 0 spiro atoms. The summed E-state index contributed by atoms with van der Waals surface area (Å²) in [4.78, 5) is 11.5. The molecular weight excluding hydrogens is 266 g/mol. The smallest absolute Gasteiger partial charge is 0.422 e. The van der Waals surface area contributed by atoms with Crippen molar-refractivity contribution in [2.45, 2.75) is 25.6 Å². The van der Waals surface area contributed by atoms with Gasteiger partial charge in [-0.3, -0.25) is 0 Å². The van der Waals surface area contributed by atoms with Gasteiger partial charge in [0.1, 0.15) is 5.82 Å². The third-order valence-electron chi connectivity index (χ3n) is 2.49. The number of anilines is 1. The molecule has 1 atom stereocenters. The van der Waals surface area contributed by atoms with E-state index in [1.54, 1.807) is 0 Å². The summed E-state index contributed by atoms with van der Waals surface area (Å²) < 4.78 is 56.1. The monoisotopic (exact) mass is 279 g/mol. The van der Waals surface area contributed by atoms with Crippen molar-refractivity contribution in [1.29, 1.82) is 0 Å². The first-order valence-electron chi connectivity index (χ1n) is 5.48. The van der Waals surface area contributed by atoms with Crippen molar-refractivity contribution in [3.63, 3.8) is 0 Å². The van der Waals surface area contributed by atoms with Gasteiger partial charge < -0.3 is 10.1 Å². The number of hydrogen-bond acceptors (Lipinski definition) is 3. The lowest BCUT2D eigenvalue weighted by molar-refractivity contribution is -0.196. The molecule has 0 aliphatic heterocycles. The normalized spacial score (nSPS) is 14.6. The Morgan fingerprint density at radius 2 is 1.79 bits per heavy atom. The van der Waals surface area contributed by atoms with Crippen LogP contribution in [0.2, 0.25) is 0 Å². The Morgan fingerprint density at radius 3 is 2.21 bits per heavy atom. The van der Waals surface area contributed by atoms with Crippen LogP contribution in [0.1, 0.15) is 13.8 Å². The Hall–Kier alpha value is -1.79. The largest absolute Gasteiger partial charge is 0.464 e. The second-order valence-electron chi connectivity index (χ2n) is 3.98. The Bertz CT molecular complexity index is 444. The van der Waals surface area contributed by atoms with Crippen molar-refractivity contribution in [2.75, 3.05) is 11.9 Å². The highest BCUT2D eigenvalue weighted by Gasteiger charge is 2.58. The fourth-order valence-electron chi connectivity index (χ4n) is 1.33. The molecule has 0 amide bonds. The molecule has 1 aromatic rings. The number of alkyl halides is 3. The molecule has 3 nitrogen and oxygen atoms in total. The van der Waals surface area contributed by atoms with Crippen molar-refractivity contribution in [3.05, 3.63) is 30.1 Å². The van der Waals surface area contributed by atoms with Gasteiger partial charge in [0.2, 0.25) is 5.54 Å². The summed E-state index contributed by atoms with van der Waals surface area (Å²) in [6.45, 7) is 1.91. The fourth-order valence-corrected chi connectivity index (χ4v) is 1.33. The zero-order valence-electron chi connectivity index (χ0n) is 10.3. The first kappa shape index (κ1) is 15.3. The van der Waals surface area contributed by atoms with Crippen LogP contribution in [-0.4, -0.2) is 24.3 Å². The zero-order valence-corrected chi connectivity index (χ0v) is 10.3. The van der Waals surface area contributed by atoms with Crippen LogP contribution in [0.4, 0.5) is 23.2 Å². The highest BCUT2D eigenvalue weighted by molar-refractivity contribution is 5.85. The second-order valence-corrected chi connectivity index (χ2v) is 3.98. The van der Waals surface area contributed by atoms with Gasteiger partial charge in [0.05, 0.1) is 6.61 Å². The maximum absolute atomic E-state index is 13.0. The average Bonchev–Trinajstić information content (AvgIpc) is 2.31. The number of nitrogens with one attached hydrogen (secondary N) is 1. The molecule has 0 aliphatic carbocycles. The van der Waals surface area contributed by atoms with Crippen LogP contribution in [-0.2, 0) is 9.53 Å². The van der Waals surface area contributed by atoms with Crippen LogP contribution in [0, 0.1) is 5.82 Å². The number of carbonyl (C=O) groups is 1. The van der Waals surface area contributed by atoms with Gasteiger partial charge in [-0.1, -0.05) is 0 Å². The minimum absolute atomic E-state index is 0.0331. The highest BCUT2D eigenvalue weighted by Crippen LogP contribution is 2.34. The molecule has 1 rings (SSSR count). The molecule has 0 saturated carbocycles. The Morgan fingerprint density at radius 1 is 1.26 bits per heavy atom. The van der Waals surface area contributed by atoms with E-state index < -0.39 is 23.5 Å². The van der Waals surface area contributed by atoms with Crippen LogP contribution < -0.4 is 5.32 Å². The topological polar surface area (TPSA) is 38.3 Å². The lowest BCUT2D eigenvalue weighted by Crippen LogP contribution is -2.56. The number of halogens is 4. The van der Waals surface area contributed by atoms with E-state index in [4.69, 9.17) is 0 Å². The van der Waals surface area contributed by atoms with Crippen molar-refractivity contribution < 1.29 is 27.1 Å². The van der Waals surface area contributed by atoms with Gasteiger partial charge in [-0.15, -0.1) is 0 Å². The summed E-state index contributed by atoms with van der Waals surface area (Å²) in [6.07, 6.45) is -4.85. The molecule has 106 valence electrons. The summed E-state index contributed by atoms with van der Waals surface area (Å²) in [7, 11) is 0. The molecule has 1 unspecified atom stereocenters. The molecule has 0 saturated heterocycles. The van der Waals surface area contributed by atoms with Gasteiger partial charge in [0.25, 0.3) is 0 Å².